The Labute approximate surface area is 102 Å². The van der Waals surface area contributed by atoms with Crippen molar-refractivity contribution in [2.75, 3.05) is 13.7 Å². The van der Waals surface area contributed by atoms with Crippen molar-refractivity contribution in [3.63, 3.8) is 0 Å². The van der Waals surface area contributed by atoms with Gasteiger partial charge in [0.1, 0.15) is 11.6 Å². The Morgan fingerprint density at radius 3 is 2.82 bits per heavy atom. The Bertz CT molecular complexity index is 384. The molecule has 1 unspecified atom stereocenters. The first-order valence-electron chi connectivity index (χ1n) is 6.25. The second-order valence-electron chi connectivity index (χ2n) is 4.92. The summed E-state index contributed by atoms with van der Waals surface area (Å²) < 4.78 is 19.1. The van der Waals surface area contributed by atoms with Crippen molar-refractivity contribution in [2.24, 2.45) is 0 Å². The Hall–Kier alpha value is -1.09. The van der Waals surface area contributed by atoms with Crippen LogP contribution in [0.15, 0.2) is 18.2 Å². The number of halogens is 1. The Kier molecular flexibility index (Phi) is 3.67. The minimum absolute atomic E-state index is 0.179. The zero-order valence-electron chi connectivity index (χ0n) is 10.6. The van der Waals surface area contributed by atoms with Gasteiger partial charge in [0.15, 0.2) is 0 Å². The minimum Gasteiger partial charge on any atom is -0.497 e. The molecule has 1 atom stereocenters. The summed E-state index contributed by atoms with van der Waals surface area (Å²) in [6, 6.07) is 5.13. The molecular formula is C14H20FNO. The summed E-state index contributed by atoms with van der Waals surface area (Å²) in [5.41, 5.74) is 0.507. The molecule has 1 aliphatic heterocycles. The molecule has 94 valence electrons. The van der Waals surface area contributed by atoms with Gasteiger partial charge in [-0.05, 0) is 32.4 Å². The van der Waals surface area contributed by atoms with E-state index in [1.54, 1.807) is 7.11 Å². The first-order valence-corrected chi connectivity index (χ1v) is 6.25. The van der Waals surface area contributed by atoms with Crippen LogP contribution in [0.2, 0.25) is 0 Å². The summed E-state index contributed by atoms with van der Waals surface area (Å²) in [5, 5.41) is 3.47. The van der Waals surface area contributed by atoms with Crippen LogP contribution in [0.5, 0.6) is 5.75 Å². The Morgan fingerprint density at radius 2 is 2.12 bits per heavy atom. The van der Waals surface area contributed by atoms with Crippen molar-refractivity contribution in [1.82, 2.24) is 5.32 Å². The topological polar surface area (TPSA) is 21.3 Å². The normalized spacial score (nSPS) is 25.4. The molecule has 1 aliphatic rings. The molecule has 1 aromatic carbocycles. The molecule has 0 amide bonds. The van der Waals surface area contributed by atoms with Gasteiger partial charge in [0.05, 0.1) is 7.11 Å². The number of ether oxygens (including phenoxy) is 1. The SMILES string of the molecule is COc1ccc(C2(C)CCCCCN2)c(F)c1. The maximum absolute atomic E-state index is 14.1. The molecule has 1 N–H and O–H groups in total. The van der Waals surface area contributed by atoms with Crippen LogP contribution < -0.4 is 10.1 Å². The van der Waals surface area contributed by atoms with E-state index in [-0.39, 0.29) is 11.4 Å². The molecule has 0 bridgehead atoms. The van der Waals surface area contributed by atoms with Crippen molar-refractivity contribution >= 4 is 0 Å². The summed E-state index contributed by atoms with van der Waals surface area (Å²) in [5.74, 6) is 0.393. The van der Waals surface area contributed by atoms with Crippen LogP contribution in [0.4, 0.5) is 4.39 Å². The zero-order valence-corrected chi connectivity index (χ0v) is 10.6. The fourth-order valence-electron chi connectivity index (χ4n) is 2.53. The van der Waals surface area contributed by atoms with Crippen molar-refractivity contribution < 1.29 is 9.13 Å². The number of methoxy groups -OCH3 is 1. The third-order valence-corrected chi connectivity index (χ3v) is 3.64. The van der Waals surface area contributed by atoms with Gasteiger partial charge in [-0.15, -0.1) is 0 Å². The lowest BCUT2D eigenvalue weighted by molar-refractivity contribution is 0.342. The van der Waals surface area contributed by atoms with Crippen LogP contribution in [0.25, 0.3) is 0 Å². The minimum atomic E-state index is -0.243. The van der Waals surface area contributed by atoms with E-state index in [9.17, 15) is 4.39 Å². The van der Waals surface area contributed by atoms with Crippen LogP contribution >= 0.6 is 0 Å². The van der Waals surface area contributed by atoms with Gasteiger partial charge < -0.3 is 10.1 Å². The average molecular weight is 237 g/mol. The van der Waals surface area contributed by atoms with Crippen LogP contribution in [0, 0.1) is 5.82 Å². The van der Waals surface area contributed by atoms with Crippen LogP contribution in [0.3, 0.4) is 0 Å². The summed E-state index contributed by atoms with van der Waals surface area (Å²) in [6.45, 7) is 3.05. The highest BCUT2D eigenvalue weighted by Crippen LogP contribution is 2.32. The van der Waals surface area contributed by atoms with E-state index < -0.39 is 0 Å². The Morgan fingerprint density at radius 1 is 1.29 bits per heavy atom. The maximum atomic E-state index is 14.1. The van der Waals surface area contributed by atoms with Crippen molar-refractivity contribution in [3.05, 3.63) is 29.6 Å². The smallest absolute Gasteiger partial charge is 0.131 e. The third kappa shape index (κ3) is 2.60. The van der Waals surface area contributed by atoms with Crippen molar-refractivity contribution in [2.45, 2.75) is 38.1 Å². The molecule has 0 aliphatic carbocycles. The summed E-state index contributed by atoms with van der Waals surface area (Å²) in [4.78, 5) is 0. The number of rotatable bonds is 2. The fraction of sp³-hybridized carbons (Fsp3) is 0.571. The largest absolute Gasteiger partial charge is 0.497 e. The third-order valence-electron chi connectivity index (χ3n) is 3.64. The van der Waals surface area contributed by atoms with Gasteiger partial charge in [0.2, 0.25) is 0 Å². The van der Waals surface area contributed by atoms with E-state index in [2.05, 4.69) is 12.2 Å². The molecule has 0 saturated carbocycles. The molecular weight excluding hydrogens is 217 g/mol. The molecule has 2 nitrogen and oxygen atoms in total. The fourth-order valence-corrected chi connectivity index (χ4v) is 2.53. The molecule has 1 aromatic rings. The molecule has 3 heteroatoms. The molecule has 1 heterocycles. The lowest BCUT2D eigenvalue weighted by Crippen LogP contribution is -2.39. The first-order chi connectivity index (χ1) is 8.15. The lowest BCUT2D eigenvalue weighted by Gasteiger charge is -2.30. The second-order valence-corrected chi connectivity index (χ2v) is 4.92. The van der Waals surface area contributed by atoms with Gasteiger partial charge in [0.25, 0.3) is 0 Å². The number of nitrogens with one attached hydrogen (secondary N) is 1. The summed E-state index contributed by atoms with van der Waals surface area (Å²) in [6.07, 6.45) is 4.53. The van der Waals surface area contributed by atoms with Crippen molar-refractivity contribution in [1.29, 1.82) is 0 Å². The van der Waals surface area contributed by atoms with E-state index >= 15 is 0 Å². The van der Waals surface area contributed by atoms with E-state index in [0.29, 0.717) is 5.75 Å². The predicted molar refractivity (Wildman–Crippen MR) is 66.8 cm³/mol. The quantitative estimate of drug-likeness (QED) is 0.852. The van der Waals surface area contributed by atoms with Gasteiger partial charge >= 0.3 is 0 Å². The van der Waals surface area contributed by atoms with E-state index in [0.717, 1.165) is 24.9 Å². The molecule has 1 saturated heterocycles. The van der Waals surface area contributed by atoms with Crippen LogP contribution in [0.1, 0.15) is 38.2 Å². The molecule has 1 fully saturated rings. The van der Waals surface area contributed by atoms with Gasteiger partial charge in [-0.1, -0.05) is 18.9 Å². The standard InChI is InChI=1S/C14H20FNO/c1-14(8-4-3-5-9-16-14)12-7-6-11(17-2)10-13(12)15/h6-7,10,16H,3-5,8-9H2,1-2H3. The van der Waals surface area contributed by atoms with Crippen LogP contribution in [-0.4, -0.2) is 13.7 Å². The van der Waals surface area contributed by atoms with E-state index in [1.807, 2.05) is 12.1 Å². The van der Waals surface area contributed by atoms with E-state index in [4.69, 9.17) is 4.74 Å². The predicted octanol–water partition coefficient (Wildman–Crippen LogP) is 3.21. The molecule has 0 aromatic heterocycles. The van der Waals surface area contributed by atoms with Gasteiger partial charge in [-0.3, -0.25) is 0 Å². The van der Waals surface area contributed by atoms with Crippen LogP contribution in [-0.2, 0) is 5.54 Å². The van der Waals surface area contributed by atoms with E-state index in [1.165, 1.54) is 18.9 Å². The molecule has 0 radical (unpaired) electrons. The highest BCUT2D eigenvalue weighted by molar-refractivity contribution is 5.33. The summed E-state index contributed by atoms with van der Waals surface area (Å²) in [7, 11) is 1.56. The maximum Gasteiger partial charge on any atom is 0.131 e. The van der Waals surface area contributed by atoms with Gasteiger partial charge in [-0.25, -0.2) is 4.39 Å². The average Bonchev–Trinajstić information content (AvgIpc) is 2.54. The number of hydrogen-bond donors (Lipinski definition) is 1. The molecule has 17 heavy (non-hydrogen) atoms. The number of hydrogen-bond acceptors (Lipinski definition) is 2. The van der Waals surface area contributed by atoms with Gasteiger partial charge in [-0.2, -0.15) is 0 Å². The molecule has 0 spiro atoms. The van der Waals surface area contributed by atoms with Crippen molar-refractivity contribution in [3.8, 4) is 5.75 Å². The lowest BCUT2D eigenvalue weighted by atomic mass is 9.87. The summed E-state index contributed by atoms with van der Waals surface area (Å²) >= 11 is 0. The van der Waals surface area contributed by atoms with Gasteiger partial charge in [0, 0.05) is 17.2 Å². The highest BCUT2D eigenvalue weighted by Gasteiger charge is 2.29. The zero-order chi connectivity index (χ0) is 12.3. The first kappa shape index (κ1) is 12.4. The molecule has 2 rings (SSSR count). The second kappa shape index (κ2) is 5.05. The number of benzene rings is 1. The highest BCUT2D eigenvalue weighted by atomic mass is 19.1. The Balaban J connectivity index is 2.31. The monoisotopic (exact) mass is 237 g/mol.